The third kappa shape index (κ3) is 2.86. The molecule has 2 aliphatic rings. The van der Waals surface area contributed by atoms with Crippen LogP contribution in [-0.2, 0) is 6.42 Å². The smallest absolute Gasteiger partial charge is 0.0374 e. The Balaban J connectivity index is 1.66. The molecule has 0 saturated carbocycles. The second-order valence-electron chi connectivity index (χ2n) is 5.70. The Bertz CT molecular complexity index is 422. The van der Waals surface area contributed by atoms with Crippen LogP contribution in [-0.4, -0.2) is 44.2 Å². The van der Waals surface area contributed by atoms with Crippen molar-refractivity contribution in [2.24, 2.45) is 0 Å². The van der Waals surface area contributed by atoms with Crippen LogP contribution >= 0.6 is 0 Å². The highest BCUT2D eigenvalue weighted by molar-refractivity contribution is 5.61. The van der Waals surface area contributed by atoms with E-state index >= 15 is 0 Å². The molecular formula is C16H25N3. The predicted octanol–water partition coefficient (Wildman–Crippen LogP) is 2.58. The largest absolute Gasteiger partial charge is 0.385 e. The summed E-state index contributed by atoms with van der Waals surface area (Å²) in [6.45, 7) is 9.41. The molecule has 3 heteroatoms. The highest BCUT2D eigenvalue weighted by atomic mass is 15.3. The number of nitrogens with one attached hydrogen (secondary N) is 1. The van der Waals surface area contributed by atoms with Crippen molar-refractivity contribution in [3.05, 3.63) is 23.8 Å². The highest BCUT2D eigenvalue weighted by Gasteiger charge is 2.17. The zero-order valence-corrected chi connectivity index (χ0v) is 12.0. The molecule has 1 fully saturated rings. The van der Waals surface area contributed by atoms with Crippen LogP contribution in [0.25, 0.3) is 0 Å². The molecule has 1 N–H and O–H groups in total. The van der Waals surface area contributed by atoms with Crippen molar-refractivity contribution in [2.45, 2.75) is 26.2 Å². The van der Waals surface area contributed by atoms with Gasteiger partial charge in [-0.25, -0.2) is 0 Å². The summed E-state index contributed by atoms with van der Waals surface area (Å²) in [6.07, 6.45) is 3.76. The molecule has 0 unspecified atom stereocenters. The Morgan fingerprint density at radius 1 is 1.16 bits per heavy atom. The van der Waals surface area contributed by atoms with Gasteiger partial charge in [0, 0.05) is 44.1 Å². The normalized spacial score (nSPS) is 19.9. The standard InChI is InChI=1S/C16H25N3/c1-2-8-18-9-11-19(12-10-18)15-5-6-16-14(13-15)4-3-7-17-16/h5-6,13,17H,2-4,7-12H2,1H3. The minimum Gasteiger partial charge on any atom is -0.385 e. The second kappa shape index (κ2) is 5.83. The molecule has 19 heavy (non-hydrogen) atoms. The molecule has 0 spiro atoms. The van der Waals surface area contributed by atoms with Crippen LogP contribution < -0.4 is 10.2 Å². The Labute approximate surface area is 116 Å². The van der Waals surface area contributed by atoms with Crippen molar-refractivity contribution in [2.75, 3.05) is 49.5 Å². The number of fused-ring (bicyclic) bond motifs is 1. The average Bonchev–Trinajstić information content (AvgIpc) is 2.48. The summed E-state index contributed by atoms with van der Waals surface area (Å²) in [6, 6.07) is 6.95. The lowest BCUT2D eigenvalue weighted by atomic mass is 10.0. The lowest BCUT2D eigenvalue weighted by Crippen LogP contribution is -2.46. The molecule has 0 aromatic heterocycles. The summed E-state index contributed by atoms with van der Waals surface area (Å²) in [5.41, 5.74) is 4.26. The summed E-state index contributed by atoms with van der Waals surface area (Å²) >= 11 is 0. The monoisotopic (exact) mass is 259 g/mol. The van der Waals surface area contributed by atoms with Gasteiger partial charge in [0.05, 0.1) is 0 Å². The molecule has 104 valence electrons. The maximum atomic E-state index is 3.49. The van der Waals surface area contributed by atoms with Gasteiger partial charge in [0.15, 0.2) is 0 Å². The van der Waals surface area contributed by atoms with Crippen molar-refractivity contribution in [1.29, 1.82) is 0 Å². The Kier molecular flexibility index (Phi) is 3.92. The quantitative estimate of drug-likeness (QED) is 0.900. The van der Waals surface area contributed by atoms with E-state index in [0.29, 0.717) is 0 Å². The number of hydrogen-bond acceptors (Lipinski definition) is 3. The molecule has 3 nitrogen and oxygen atoms in total. The van der Waals surface area contributed by atoms with E-state index in [9.17, 15) is 0 Å². The van der Waals surface area contributed by atoms with Crippen molar-refractivity contribution in [3.8, 4) is 0 Å². The van der Waals surface area contributed by atoms with Crippen LogP contribution in [0.1, 0.15) is 25.3 Å². The number of benzene rings is 1. The Morgan fingerprint density at radius 2 is 2.00 bits per heavy atom. The first-order valence-electron chi connectivity index (χ1n) is 7.71. The zero-order valence-electron chi connectivity index (χ0n) is 12.0. The molecule has 1 saturated heterocycles. The molecule has 1 aromatic carbocycles. The number of hydrogen-bond donors (Lipinski definition) is 1. The van der Waals surface area contributed by atoms with Gasteiger partial charge in [-0.1, -0.05) is 6.92 Å². The minimum atomic E-state index is 1.13. The lowest BCUT2D eigenvalue weighted by Gasteiger charge is -2.36. The van der Waals surface area contributed by atoms with E-state index in [1.165, 1.54) is 68.9 Å². The third-order valence-electron chi connectivity index (χ3n) is 4.30. The van der Waals surface area contributed by atoms with Crippen LogP contribution in [0, 0.1) is 0 Å². The predicted molar refractivity (Wildman–Crippen MR) is 82.2 cm³/mol. The van der Waals surface area contributed by atoms with Crippen LogP contribution in [0.15, 0.2) is 18.2 Å². The van der Waals surface area contributed by atoms with E-state index in [1.807, 2.05) is 0 Å². The number of anilines is 2. The fourth-order valence-electron chi connectivity index (χ4n) is 3.20. The fraction of sp³-hybridized carbons (Fsp3) is 0.625. The Morgan fingerprint density at radius 3 is 2.79 bits per heavy atom. The van der Waals surface area contributed by atoms with Crippen molar-refractivity contribution in [1.82, 2.24) is 4.90 Å². The van der Waals surface area contributed by atoms with E-state index in [4.69, 9.17) is 0 Å². The summed E-state index contributed by atoms with van der Waals surface area (Å²) in [7, 11) is 0. The summed E-state index contributed by atoms with van der Waals surface area (Å²) in [4.78, 5) is 5.12. The van der Waals surface area contributed by atoms with Gasteiger partial charge in [0.25, 0.3) is 0 Å². The van der Waals surface area contributed by atoms with Gasteiger partial charge < -0.3 is 10.2 Å². The number of nitrogens with zero attached hydrogens (tertiary/aromatic N) is 2. The zero-order chi connectivity index (χ0) is 13.1. The Hall–Kier alpha value is -1.22. The molecular weight excluding hydrogens is 234 g/mol. The molecule has 0 radical (unpaired) electrons. The fourth-order valence-corrected chi connectivity index (χ4v) is 3.20. The molecule has 3 rings (SSSR count). The molecule has 2 aliphatic heterocycles. The van der Waals surface area contributed by atoms with E-state index in [0.717, 1.165) is 6.54 Å². The van der Waals surface area contributed by atoms with Crippen molar-refractivity contribution < 1.29 is 0 Å². The second-order valence-corrected chi connectivity index (χ2v) is 5.70. The molecule has 0 aliphatic carbocycles. The van der Waals surface area contributed by atoms with Gasteiger partial charge in [-0.05, 0) is 49.6 Å². The van der Waals surface area contributed by atoms with Gasteiger partial charge >= 0.3 is 0 Å². The van der Waals surface area contributed by atoms with Crippen molar-refractivity contribution in [3.63, 3.8) is 0 Å². The summed E-state index contributed by atoms with van der Waals surface area (Å²) in [5.74, 6) is 0. The van der Waals surface area contributed by atoms with Gasteiger partial charge in [-0.2, -0.15) is 0 Å². The maximum Gasteiger partial charge on any atom is 0.0374 e. The first kappa shape index (κ1) is 12.8. The molecule has 2 heterocycles. The average molecular weight is 259 g/mol. The van der Waals surface area contributed by atoms with E-state index in [-0.39, 0.29) is 0 Å². The van der Waals surface area contributed by atoms with Crippen LogP contribution in [0.3, 0.4) is 0 Å². The van der Waals surface area contributed by atoms with E-state index in [2.05, 4.69) is 40.2 Å². The van der Waals surface area contributed by atoms with Crippen LogP contribution in [0.5, 0.6) is 0 Å². The SMILES string of the molecule is CCCN1CCN(c2ccc3c(c2)CCCN3)CC1. The third-order valence-corrected chi connectivity index (χ3v) is 4.30. The summed E-state index contributed by atoms with van der Waals surface area (Å²) < 4.78 is 0. The molecule has 1 aromatic rings. The van der Waals surface area contributed by atoms with E-state index in [1.54, 1.807) is 0 Å². The molecule has 0 amide bonds. The number of rotatable bonds is 3. The van der Waals surface area contributed by atoms with Gasteiger partial charge in [-0.3, -0.25) is 4.90 Å². The lowest BCUT2D eigenvalue weighted by molar-refractivity contribution is 0.258. The minimum absolute atomic E-state index is 1.13. The highest BCUT2D eigenvalue weighted by Crippen LogP contribution is 2.27. The molecule has 0 atom stereocenters. The first-order valence-corrected chi connectivity index (χ1v) is 7.71. The topological polar surface area (TPSA) is 18.5 Å². The van der Waals surface area contributed by atoms with E-state index < -0.39 is 0 Å². The summed E-state index contributed by atoms with van der Waals surface area (Å²) in [5, 5.41) is 3.49. The number of piperazine rings is 1. The van der Waals surface area contributed by atoms with Crippen LogP contribution in [0.4, 0.5) is 11.4 Å². The number of aryl methyl sites for hydroxylation is 1. The van der Waals surface area contributed by atoms with Gasteiger partial charge in [0.1, 0.15) is 0 Å². The molecule has 0 bridgehead atoms. The van der Waals surface area contributed by atoms with Crippen molar-refractivity contribution >= 4 is 11.4 Å². The van der Waals surface area contributed by atoms with Gasteiger partial charge in [0.2, 0.25) is 0 Å². The first-order chi connectivity index (χ1) is 9.36. The maximum absolute atomic E-state index is 3.49. The van der Waals surface area contributed by atoms with Gasteiger partial charge in [-0.15, -0.1) is 0 Å². The van der Waals surface area contributed by atoms with Crippen LogP contribution in [0.2, 0.25) is 0 Å².